The van der Waals surface area contributed by atoms with E-state index in [-0.39, 0.29) is 57.0 Å². The van der Waals surface area contributed by atoms with Crippen molar-refractivity contribution in [2.24, 2.45) is 0 Å². The van der Waals surface area contributed by atoms with Gasteiger partial charge in [0.05, 0.1) is 81.9 Å². The minimum Gasteiger partial charge on any atom is -0.493 e. The number of aliphatic hydroxyl groups is 2. The second-order valence-corrected chi connectivity index (χ2v) is 25.2. The summed E-state index contributed by atoms with van der Waals surface area (Å²) in [5, 5.41) is 22.8. The summed E-state index contributed by atoms with van der Waals surface area (Å²) in [4.78, 5) is 88.4. The largest absolute Gasteiger partial charge is 0.493 e. The predicted molar refractivity (Wildman–Crippen MR) is 380 cm³/mol. The molecule has 550 valence electrons. The number of esters is 2. The summed E-state index contributed by atoms with van der Waals surface area (Å²) in [5.41, 5.74) is 5.45. The summed E-state index contributed by atoms with van der Waals surface area (Å²) < 4.78 is 69.6. The standard InChI is InChI=1S/C79H99N3O20/c1-11-61(55-42-69(93-5)74(97-9)70(43-55)94-6)76(87)81-36-15-13-25-63(81)78(89)101-65(32-28-50-27-31-54(46-83)57(38-50)47-84)52-20-17-23-59(40-52)99-48-58(85)22-19-35-80-73(86)49-100-60-24-18-21-53(41-60)66(33-29-51-30-34-67(91-3)68(39-51)92-4)102-79(90)64-26-14-16-37-82(64)77(88)62(12-2)56-44-71(95-7)75(98-10)72(45-56)96-8/h17-18,20-21,23-24,27,30-31,34,38-45,61-66,83-84H,11-16,19,22,25-26,28-29,32-33,35-37,46-49H2,1-10H3,(H,80,86)/t61-,62-,63-,64-,65+,66+/m0/s1. The van der Waals surface area contributed by atoms with Crippen LogP contribution in [0.2, 0.25) is 0 Å². The Labute approximate surface area is 597 Å². The van der Waals surface area contributed by atoms with E-state index in [2.05, 4.69) is 5.32 Å². The average molecular weight is 1410 g/mol. The molecule has 0 saturated carbocycles. The molecule has 2 aliphatic heterocycles. The van der Waals surface area contributed by atoms with Crippen molar-refractivity contribution in [1.82, 2.24) is 15.1 Å². The summed E-state index contributed by atoms with van der Waals surface area (Å²) in [7, 11) is 12.2. The first kappa shape index (κ1) is 78.0. The fraction of sp³-hybridized carbons (Fsp3) is 0.468. The van der Waals surface area contributed by atoms with Crippen LogP contribution in [0.5, 0.6) is 57.5 Å². The molecule has 0 bridgehead atoms. The lowest BCUT2D eigenvalue weighted by Crippen LogP contribution is -2.50. The first-order chi connectivity index (χ1) is 49.5. The Bertz CT molecular complexity index is 3510. The third-order valence-electron chi connectivity index (χ3n) is 18.9. The minimum atomic E-state index is -0.876. The molecule has 2 fully saturated rings. The highest BCUT2D eigenvalue weighted by molar-refractivity contribution is 5.90. The van der Waals surface area contributed by atoms with Gasteiger partial charge in [0.2, 0.25) is 23.3 Å². The van der Waals surface area contributed by atoms with E-state index >= 15 is 0 Å². The Balaban J connectivity index is 0.885. The van der Waals surface area contributed by atoms with Crippen LogP contribution in [0.3, 0.4) is 0 Å². The number of carbonyl (C=O) groups is 6. The number of nitrogens with one attached hydrogen (secondary N) is 1. The molecule has 2 saturated heterocycles. The quantitative estimate of drug-likeness (QED) is 0.0240. The SMILES string of the molecule is CC[C@H](C(=O)N1CCCC[C@H]1C(=O)O[C@H](CCc1ccc(CO)c(CO)c1)c1cccc(OCC(=O)CCCNC(=O)COc2cccc([C@@H](CCc3ccc(OC)c(OC)c3)OC(=O)[C@@H]3CCCCN3C(=O)[C@@H](CC)c3cc(OC)c(OC)c(OC)c3)c2)c1)c1cc(OC)c(OC)c(OC)c1. The molecule has 2 heterocycles. The van der Waals surface area contributed by atoms with Gasteiger partial charge in [0.15, 0.2) is 46.9 Å². The number of aryl methyl sites for hydroxylation is 2. The van der Waals surface area contributed by atoms with Crippen molar-refractivity contribution in [3.8, 4) is 57.5 Å². The maximum absolute atomic E-state index is 14.7. The molecule has 3 N–H and O–H groups in total. The number of methoxy groups -OCH3 is 8. The second kappa shape index (κ2) is 38.9. The summed E-state index contributed by atoms with van der Waals surface area (Å²) in [6, 6.07) is 30.3. The van der Waals surface area contributed by atoms with Crippen LogP contribution in [0.4, 0.5) is 0 Å². The van der Waals surface area contributed by atoms with Crippen molar-refractivity contribution in [3.05, 3.63) is 154 Å². The van der Waals surface area contributed by atoms with Crippen molar-refractivity contribution in [1.29, 1.82) is 0 Å². The van der Waals surface area contributed by atoms with Crippen LogP contribution in [0.1, 0.15) is 159 Å². The maximum atomic E-state index is 14.7. The fourth-order valence-electron chi connectivity index (χ4n) is 13.3. The smallest absolute Gasteiger partial charge is 0.329 e. The number of benzene rings is 6. The van der Waals surface area contributed by atoms with Gasteiger partial charge in [-0.15, -0.1) is 0 Å². The zero-order valence-corrected chi connectivity index (χ0v) is 60.3. The van der Waals surface area contributed by atoms with E-state index in [0.717, 1.165) is 11.1 Å². The number of nitrogens with zero attached hydrogens (tertiary/aromatic N) is 2. The van der Waals surface area contributed by atoms with E-state index in [1.807, 2.05) is 56.3 Å². The molecule has 2 aliphatic rings. The number of likely N-dealkylation sites (tertiary alicyclic amines) is 2. The van der Waals surface area contributed by atoms with Gasteiger partial charge in [-0.05, 0) is 189 Å². The van der Waals surface area contributed by atoms with Crippen molar-refractivity contribution < 1.29 is 95.8 Å². The number of amides is 3. The average Bonchev–Trinajstić information content (AvgIpc) is 0.796. The van der Waals surface area contributed by atoms with E-state index < -0.39 is 54.0 Å². The highest BCUT2D eigenvalue weighted by Crippen LogP contribution is 2.44. The van der Waals surface area contributed by atoms with Crippen molar-refractivity contribution in [3.63, 3.8) is 0 Å². The summed E-state index contributed by atoms with van der Waals surface area (Å²) in [6.07, 6.45) is 4.79. The molecule has 8 rings (SSSR count). The van der Waals surface area contributed by atoms with E-state index in [0.29, 0.717) is 187 Å². The zero-order valence-electron chi connectivity index (χ0n) is 60.3. The first-order valence-corrected chi connectivity index (χ1v) is 34.9. The second-order valence-electron chi connectivity index (χ2n) is 25.2. The number of hydrogen-bond acceptors (Lipinski definition) is 20. The maximum Gasteiger partial charge on any atom is 0.329 e. The van der Waals surface area contributed by atoms with Gasteiger partial charge in [-0.3, -0.25) is 19.2 Å². The van der Waals surface area contributed by atoms with Crippen molar-refractivity contribution in [2.45, 2.75) is 153 Å². The zero-order chi connectivity index (χ0) is 73.2. The fourth-order valence-corrected chi connectivity index (χ4v) is 13.3. The van der Waals surface area contributed by atoms with Gasteiger partial charge in [-0.2, -0.15) is 0 Å². The number of ether oxygens (including phenoxy) is 12. The van der Waals surface area contributed by atoms with Gasteiger partial charge in [0, 0.05) is 26.1 Å². The number of hydrogen-bond donors (Lipinski definition) is 3. The van der Waals surface area contributed by atoms with Crippen LogP contribution in [0.25, 0.3) is 0 Å². The Morgan fingerprint density at radius 3 is 1.37 bits per heavy atom. The van der Waals surface area contributed by atoms with Crippen LogP contribution < -0.4 is 52.7 Å². The molecule has 23 nitrogen and oxygen atoms in total. The first-order valence-electron chi connectivity index (χ1n) is 34.9. The molecule has 6 atom stereocenters. The molecule has 0 aromatic heterocycles. The third kappa shape index (κ3) is 20.1. The van der Waals surface area contributed by atoms with Crippen LogP contribution in [-0.2, 0) is 64.3 Å². The molecule has 23 heteroatoms. The van der Waals surface area contributed by atoms with Crippen LogP contribution in [-0.4, -0.2) is 157 Å². The number of ketones is 1. The minimum absolute atomic E-state index is 0.0889. The van der Waals surface area contributed by atoms with Gasteiger partial charge in [0.25, 0.3) is 5.91 Å². The van der Waals surface area contributed by atoms with E-state index in [9.17, 15) is 39.0 Å². The van der Waals surface area contributed by atoms with Gasteiger partial charge < -0.3 is 82.2 Å². The summed E-state index contributed by atoms with van der Waals surface area (Å²) in [5.74, 6) is 0.792. The van der Waals surface area contributed by atoms with E-state index in [1.165, 1.54) is 42.7 Å². The number of piperidine rings is 2. The monoisotopic (exact) mass is 1410 g/mol. The lowest BCUT2D eigenvalue weighted by molar-refractivity contribution is -0.162. The van der Waals surface area contributed by atoms with Crippen molar-refractivity contribution >= 4 is 35.4 Å². The van der Waals surface area contributed by atoms with E-state index in [1.54, 1.807) is 90.7 Å². The number of rotatable bonds is 38. The molecule has 102 heavy (non-hydrogen) atoms. The molecular formula is C79H99N3O20. The molecular weight excluding hydrogens is 1310 g/mol. The van der Waals surface area contributed by atoms with Gasteiger partial charge in [0.1, 0.15) is 42.4 Å². The summed E-state index contributed by atoms with van der Waals surface area (Å²) in [6.45, 7) is 3.58. The highest BCUT2D eigenvalue weighted by atomic mass is 16.6. The highest BCUT2D eigenvalue weighted by Gasteiger charge is 2.40. The number of carbonyl (C=O) groups excluding carboxylic acids is 6. The molecule has 0 aliphatic carbocycles. The Kier molecular flexibility index (Phi) is 29.7. The molecule has 6 aromatic rings. The number of aliphatic hydroxyl groups excluding tert-OH is 2. The molecule has 0 radical (unpaired) electrons. The lowest BCUT2D eigenvalue weighted by atomic mass is 9.91. The Hall–Kier alpha value is -9.74. The predicted octanol–water partition coefficient (Wildman–Crippen LogP) is 11.2. The summed E-state index contributed by atoms with van der Waals surface area (Å²) >= 11 is 0. The van der Waals surface area contributed by atoms with Crippen LogP contribution in [0.15, 0.2) is 109 Å². The van der Waals surface area contributed by atoms with Gasteiger partial charge in [-0.1, -0.05) is 62.4 Å². The Morgan fingerprint density at radius 2 is 0.931 bits per heavy atom. The normalized spacial score (nSPS) is 15.5. The topological polar surface area (TPSA) is 272 Å². The van der Waals surface area contributed by atoms with Crippen molar-refractivity contribution in [2.75, 3.05) is 89.7 Å². The molecule has 0 spiro atoms. The molecule has 6 aromatic carbocycles. The van der Waals surface area contributed by atoms with E-state index in [4.69, 9.17) is 56.8 Å². The Morgan fingerprint density at radius 1 is 0.480 bits per heavy atom. The molecule has 0 unspecified atom stereocenters. The number of Topliss-reactive ketones (excluding diaryl/α,β-unsaturated/α-hetero) is 1. The van der Waals surface area contributed by atoms with Gasteiger partial charge >= 0.3 is 11.9 Å². The van der Waals surface area contributed by atoms with Gasteiger partial charge in [-0.25, -0.2) is 9.59 Å². The third-order valence-corrected chi connectivity index (χ3v) is 18.9. The molecule has 3 amide bonds. The van der Waals surface area contributed by atoms with Crippen LogP contribution in [0, 0.1) is 0 Å². The lowest BCUT2D eigenvalue weighted by Gasteiger charge is -2.37. The van der Waals surface area contributed by atoms with Crippen LogP contribution >= 0.6 is 0 Å².